The van der Waals surface area contributed by atoms with Crippen LogP contribution in [0.5, 0.6) is 0 Å². The van der Waals surface area contributed by atoms with Gasteiger partial charge in [0.25, 0.3) is 0 Å². The Morgan fingerprint density at radius 2 is 2.15 bits per heavy atom. The average Bonchev–Trinajstić information content (AvgIpc) is 3.32. The molecule has 26 heavy (non-hydrogen) atoms. The fraction of sp³-hybridized carbons (Fsp3) is 0.611. The Kier molecular flexibility index (Phi) is 11.4. The molecule has 1 aromatic carbocycles. The molecule has 2 N–H and O–H groups in total. The van der Waals surface area contributed by atoms with Crippen molar-refractivity contribution < 1.29 is 13.9 Å². The Bertz CT molecular complexity index is 557. The summed E-state index contributed by atoms with van der Waals surface area (Å²) in [5.74, 6) is 0.603. The summed E-state index contributed by atoms with van der Waals surface area (Å²) in [6.45, 7) is 5.32. The lowest BCUT2D eigenvalue weighted by molar-refractivity contribution is 0.0702. The van der Waals surface area contributed by atoms with Gasteiger partial charge in [-0.2, -0.15) is 0 Å². The summed E-state index contributed by atoms with van der Waals surface area (Å²) >= 11 is 6.15. The summed E-state index contributed by atoms with van der Waals surface area (Å²) in [5, 5.41) is 7.07. The van der Waals surface area contributed by atoms with Crippen LogP contribution in [0.1, 0.15) is 31.2 Å². The number of nitrogens with zero attached hydrogens (tertiary/aromatic N) is 1. The van der Waals surface area contributed by atoms with Gasteiger partial charge in [0.05, 0.1) is 13.2 Å². The number of guanidine groups is 1. The van der Waals surface area contributed by atoms with Crippen molar-refractivity contribution in [3.8, 4) is 0 Å². The fourth-order valence-electron chi connectivity index (χ4n) is 2.64. The third-order valence-electron chi connectivity index (χ3n) is 3.98. The molecule has 0 radical (unpaired) electrons. The van der Waals surface area contributed by atoms with E-state index in [9.17, 15) is 4.39 Å². The number of halogens is 3. The molecule has 8 heteroatoms. The molecule has 1 aliphatic rings. The van der Waals surface area contributed by atoms with E-state index in [-0.39, 0.29) is 41.8 Å². The lowest BCUT2D eigenvalue weighted by atomic mass is 10.1. The van der Waals surface area contributed by atoms with Crippen molar-refractivity contribution in [3.63, 3.8) is 0 Å². The molecule has 1 saturated carbocycles. The number of ether oxygens (including phenoxy) is 2. The van der Waals surface area contributed by atoms with Crippen molar-refractivity contribution in [3.05, 3.63) is 34.6 Å². The zero-order valence-electron chi connectivity index (χ0n) is 15.3. The van der Waals surface area contributed by atoms with Crippen LogP contribution >= 0.6 is 35.6 Å². The SMILES string of the molecule is CCNC(=NCCCOCCOC)NC1CC1c1c(F)cccc1Cl.I. The number of aliphatic imine (C=N–C) groups is 1. The first-order chi connectivity index (χ1) is 12.2. The Balaban J connectivity index is 0.00000338. The van der Waals surface area contributed by atoms with Gasteiger partial charge in [-0.25, -0.2) is 4.39 Å². The minimum Gasteiger partial charge on any atom is -0.382 e. The molecule has 2 unspecified atom stereocenters. The van der Waals surface area contributed by atoms with Crippen molar-refractivity contribution in [2.45, 2.75) is 31.7 Å². The maximum atomic E-state index is 14.0. The van der Waals surface area contributed by atoms with Crippen LogP contribution in [0.25, 0.3) is 0 Å². The monoisotopic (exact) mass is 499 g/mol. The highest BCUT2D eigenvalue weighted by Gasteiger charge is 2.41. The standard InChI is InChI=1S/C18H27ClFN3O2.HI/c1-3-21-18(22-8-5-9-25-11-10-24-2)23-16-12-13(16)17-14(19)6-4-7-15(17)20;/h4,6-7,13,16H,3,5,8-12H2,1-2H3,(H2,21,22,23);1H. The normalized spacial score (nSPS) is 19.0. The summed E-state index contributed by atoms with van der Waals surface area (Å²) in [6.07, 6.45) is 1.69. The Morgan fingerprint density at radius 1 is 1.35 bits per heavy atom. The molecule has 1 aliphatic carbocycles. The van der Waals surface area contributed by atoms with Gasteiger partial charge in [-0.15, -0.1) is 24.0 Å². The van der Waals surface area contributed by atoms with Crippen molar-refractivity contribution >= 4 is 41.5 Å². The lowest BCUT2D eigenvalue weighted by Crippen LogP contribution is -2.39. The smallest absolute Gasteiger partial charge is 0.191 e. The van der Waals surface area contributed by atoms with E-state index in [1.165, 1.54) is 6.07 Å². The molecule has 0 aromatic heterocycles. The second kappa shape index (κ2) is 12.7. The molecule has 0 bridgehead atoms. The quantitative estimate of drug-likeness (QED) is 0.224. The van der Waals surface area contributed by atoms with Crippen LogP contribution in [0.15, 0.2) is 23.2 Å². The molecule has 0 amide bonds. The molecule has 0 spiro atoms. The minimum atomic E-state index is -0.239. The maximum Gasteiger partial charge on any atom is 0.191 e. The number of rotatable bonds is 10. The minimum absolute atomic E-state index is 0. The van der Waals surface area contributed by atoms with E-state index in [4.69, 9.17) is 21.1 Å². The molecular weight excluding hydrogens is 472 g/mol. The number of hydrogen-bond donors (Lipinski definition) is 2. The van der Waals surface area contributed by atoms with Crippen LogP contribution in [0.4, 0.5) is 4.39 Å². The summed E-state index contributed by atoms with van der Waals surface area (Å²) in [4.78, 5) is 4.54. The van der Waals surface area contributed by atoms with E-state index in [2.05, 4.69) is 15.6 Å². The van der Waals surface area contributed by atoms with Crippen LogP contribution in [-0.2, 0) is 9.47 Å². The highest BCUT2D eigenvalue weighted by atomic mass is 127. The van der Waals surface area contributed by atoms with Crippen LogP contribution < -0.4 is 10.6 Å². The Hall–Kier alpha value is -0.640. The number of hydrogen-bond acceptors (Lipinski definition) is 3. The molecular formula is C18H28ClFIN3O2. The second-order valence-electron chi connectivity index (χ2n) is 5.95. The highest BCUT2D eigenvalue weighted by molar-refractivity contribution is 14.0. The largest absolute Gasteiger partial charge is 0.382 e. The lowest BCUT2D eigenvalue weighted by Gasteiger charge is -2.12. The molecule has 1 fully saturated rings. The van der Waals surface area contributed by atoms with E-state index in [0.717, 1.165) is 25.3 Å². The summed E-state index contributed by atoms with van der Waals surface area (Å²) in [6, 6.07) is 4.98. The van der Waals surface area contributed by atoms with Gasteiger partial charge in [0.15, 0.2) is 5.96 Å². The predicted octanol–water partition coefficient (Wildman–Crippen LogP) is 3.56. The first-order valence-corrected chi connectivity index (χ1v) is 9.10. The van der Waals surface area contributed by atoms with E-state index in [1.54, 1.807) is 19.2 Å². The first-order valence-electron chi connectivity index (χ1n) is 8.72. The van der Waals surface area contributed by atoms with Crippen molar-refractivity contribution in [2.75, 3.05) is 40.0 Å². The summed E-state index contributed by atoms with van der Waals surface area (Å²) < 4.78 is 24.3. The number of nitrogens with one attached hydrogen (secondary N) is 2. The first kappa shape index (κ1) is 23.4. The van der Waals surface area contributed by atoms with Gasteiger partial charge >= 0.3 is 0 Å². The molecule has 0 aliphatic heterocycles. The zero-order chi connectivity index (χ0) is 18.1. The molecule has 148 valence electrons. The van der Waals surface area contributed by atoms with Crippen molar-refractivity contribution in [1.82, 2.24) is 10.6 Å². The third-order valence-corrected chi connectivity index (χ3v) is 4.31. The van der Waals surface area contributed by atoms with E-state index in [0.29, 0.717) is 37.0 Å². The topological polar surface area (TPSA) is 54.9 Å². The number of methoxy groups -OCH3 is 1. The fourth-order valence-corrected chi connectivity index (χ4v) is 2.94. The summed E-state index contributed by atoms with van der Waals surface area (Å²) in [5.41, 5.74) is 0.601. The van der Waals surface area contributed by atoms with Crippen molar-refractivity contribution in [2.24, 2.45) is 4.99 Å². The molecule has 2 rings (SSSR count). The van der Waals surface area contributed by atoms with Crippen LogP contribution in [0, 0.1) is 5.82 Å². The number of benzene rings is 1. The van der Waals surface area contributed by atoms with Gasteiger partial charge in [-0.05, 0) is 31.9 Å². The van der Waals surface area contributed by atoms with E-state index in [1.807, 2.05) is 6.92 Å². The Morgan fingerprint density at radius 3 is 2.85 bits per heavy atom. The molecule has 0 saturated heterocycles. The predicted molar refractivity (Wildman–Crippen MR) is 114 cm³/mol. The molecule has 1 aromatic rings. The van der Waals surface area contributed by atoms with Gasteiger partial charge in [0.1, 0.15) is 5.82 Å². The van der Waals surface area contributed by atoms with E-state index < -0.39 is 0 Å². The zero-order valence-corrected chi connectivity index (χ0v) is 18.4. The van der Waals surface area contributed by atoms with Gasteiger partial charge < -0.3 is 20.1 Å². The average molecular weight is 500 g/mol. The van der Waals surface area contributed by atoms with Crippen LogP contribution in [0.3, 0.4) is 0 Å². The van der Waals surface area contributed by atoms with Crippen LogP contribution in [-0.4, -0.2) is 52.0 Å². The van der Waals surface area contributed by atoms with Gasteiger partial charge in [0.2, 0.25) is 0 Å². The van der Waals surface area contributed by atoms with Crippen LogP contribution in [0.2, 0.25) is 5.02 Å². The van der Waals surface area contributed by atoms with Gasteiger partial charge in [0, 0.05) is 49.4 Å². The second-order valence-corrected chi connectivity index (χ2v) is 6.35. The van der Waals surface area contributed by atoms with Gasteiger partial charge in [-0.3, -0.25) is 4.99 Å². The molecule has 2 atom stereocenters. The maximum absolute atomic E-state index is 14.0. The van der Waals surface area contributed by atoms with Crippen molar-refractivity contribution in [1.29, 1.82) is 0 Å². The highest BCUT2D eigenvalue weighted by Crippen LogP contribution is 2.44. The van der Waals surface area contributed by atoms with Gasteiger partial charge in [-0.1, -0.05) is 17.7 Å². The molecule has 0 heterocycles. The third kappa shape index (κ3) is 7.54. The molecule has 5 nitrogen and oxygen atoms in total. The summed E-state index contributed by atoms with van der Waals surface area (Å²) in [7, 11) is 1.65. The van der Waals surface area contributed by atoms with E-state index >= 15 is 0 Å². The Labute approximate surface area is 177 Å².